The van der Waals surface area contributed by atoms with Gasteiger partial charge in [0, 0.05) is 10.4 Å². The largest absolute Gasteiger partial charge is 0.484 e. The van der Waals surface area contributed by atoms with Crippen LogP contribution in [0.25, 0.3) is 0 Å². The summed E-state index contributed by atoms with van der Waals surface area (Å²) in [7, 11) is 0. The summed E-state index contributed by atoms with van der Waals surface area (Å²) >= 11 is 8.19. The van der Waals surface area contributed by atoms with Crippen molar-refractivity contribution >= 4 is 45.1 Å². The number of hydrogen-bond donors (Lipinski definition) is 3. The Bertz CT molecular complexity index is 546. The zero-order chi connectivity index (χ0) is 15.2. The zero-order valence-electron chi connectivity index (χ0n) is 11.0. The highest BCUT2D eigenvalue weighted by Gasteiger charge is 2.29. The predicted molar refractivity (Wildman–Crippen MR) is 84.4 cm³/mol. The Labute approximate surface area is 135 Å². The molecule has 1 aliphatic rings. The molecule has 0 spiro atoms. The Balaban J connectivity index is 1.65. The molecule has 0 aliphatic heterocycles. The monoisotopic (exact) mass is 371 g/mol. The molecule has 3 N–H and O–H groups in total. The quantitative estimate of drug-likeness (QED) is 0.548. The van der Waals surface area contributed by atoms with Crippen molar-refractivity contribution in [2.24, 2.45) is 5.92 Å². The van der Waals surface area contributed by atoms with Gasteiger partial charge in [0.2, 0.25) is 5.91 Å². The molecule has 112 valence electrons. The minimum absolute atomic E-state index is 0.0356. The van der Waals surface area contributed by atoms with Crippen molar-refractivity contribution in [2.45, 2.75) is 12.8 Å². The molecule has 2 rings (SSSR count). The van der Waals surface area contributed by atoms with Crippen LogP contribution in [-0.2, 0) is 9.59 Å². The van der Waals surface area contributed by atoms with E-state index >= 15 is 0 Å². The molecule has 1 aliphatic carbocycles. The summed E-state index contributed by atoms with van der Waals surface area (Å²) in [6.07, 6.45) is 1.79. The van der Waals surface area contributed by atoms with E-state index in [1.165, 1.54) is 0 Å². The highest BCUT2D eigenvalue weighted by atomic mass is 79.9. The molecule has 1 aromatic carbocycles. The molecule has 0 aromatic heterocycles. The van der Waals surface area contributed by atoms with E-state index in [2.05, 4.69) is 32.1 Å². The molecule has 0 unspecified atom stereocenters. The number of halogens is 1. The van der Waals surface area contributed by atoms with Crippen LogP contribution in [0.4, 0.5) is 0 Å². The molecule has 0 bridgehead atoms. The number of thiocarbonyl (C=S) groups is 1. The van der Waals surface area contributed by atoms with Crippen LogP contribution in [0.1, 0.15) is 12.8 Å². The van der Waals surface area contributed by atoms with Crippen molar-refractivity contribution in [1.29, 1.82) is 0 Å². The van der Waals surface area contributed by atoms with Crippen LogP contribution in [0.5, 0.6) is 5.75 Å². The minimum Gasteiger partial charge on any atom is -0.484 e. The lowest BCUT2D eigenvalue weighted by molar-refractivity contribution is -0.123. The van der Waals surface area contributed by atoms with E-state index in [1.807, 2.05) is 12.1 Å². The third kappa shape index (κ3) is 5.68. The number of benzene rings is 1. The Kier molecular flexibility index (Phi) is 5.51. The number of hydrazine groups is 1. The van der Waals surface area contributed by atoms with Gasteiger partial charge in [-0.25, -0.2) is 0 Å². The molecule has 0 radical (unpaired) electrons. The molecule has 1 fully saturated rings. The van der Waals surface area contributed by atoms with E-state index in [0.717, 1.165) is 17.3 Å². The lowest BCUT2D eigenvalue weighted by atomic mass is 10.3. The van der Waals surface area contributed by atoms with E-state index in [0.29, 0.717) is 5.75 Å². The second-order valence-corrected chi connectivity index (χ2v) is 5.83. The van der Waals surface area contributed by atoms with Crippen LogP contribution in [0.15, 0.2) is 28.7 Å². The summed E-state index contributed by atoms with van der Waals surface area (Å²) in [5.41, 5.74) is 4.92. The van der Waals surface area contributed by atoms with E-state index in [-0.39, 0.29) is 23.5 Å². The van der Waals surface area contributed by atoms with Gasteiger partial charge in [0.15, 0.2) is 11.7 Å². The molecule has 0 heterocycles. The molecule has 2 amide bonds. The van der Waals surface area contributed by atoms with Crippen molar-refractivity contribution < 1.29 is 14.3 Å². The fourth-order valence-electron chi connectivity index (χ4n) is 1.44. The number of carbonyl (C=O) groups is 2. The Hall–Kier alpha value is -1.67. The molecule has 6 nitrogen and oxygen atoms in total. The van der Waals surface area contributed by atoms with E-state index in [9.17, 15) is 9.59 Å². The first-order chi connectivity index (χ1) is 10.0. The number of ether oxygens (including phenoxy) is 1. The van der Waals surface area contributed by atoms with Gasteiger partial charge < -0.3 is 4.74 Å². The minimum atomic E-state index is -0.406. The van der Waals surface area contributed by atoms with Crippen molar-refractivity contribution in [3.63, 3.8) is 0 Å². The highest BCUT2D eigenvalue weighted by Crippen LogP contribution is 2.28. The van der Waals surface area contributed by atoms with Gasteiger partial charge in [-0.1, -0.05) is 15.9 Å². The van der Waals surface area contributed by atoms with Crippen molar-refractivity contribution in [2.75, 3.05) is 6.61 Å². The van der Waals surface area contributed by atoms with Crippen LogP contribution in [0.3, 0.4) is 0 Å². The Morgan fingerprint density at radius 3 is 2.52 bits per heavy atom. The van der Waals surface area contributed by atoms with Crippen LogP contribution < -0.4 is 20.9 Å². The normalized spacial score (nSPS) is 13.2. The second kappa shape index (κ2) is 7.37. The molecule has 21 heavy (non-hydrogen) atoms. The first-order valence-electron chi connectivity index (χ1n) is 6.32. The summed E-state index contributed by atoms with van der Waals surface area (Å²) in [5.74, 6) is 0.125. The zero-order valence-corrected chi connectivity index (χ0v) is 13.4. The van der Waals surface area contributed by atoms with Gasteiger partial charge in [-0.15, -0.1) is 0 Å². The number of amides is 2. The number of hydrogen-bond acceptors (Lipinski definition) is 4. The summed E-state index contributed by atoms with van der Waals surface area (Å²) in [4.78, 5) is 23.0. The fourth-order valence-corrected chi connectivity index (χ4v) is 1.87. The van der Waals surface area contributed by atoms with Gasteiger partial charge in [0.05, 0.1) is 0 Å². The fraction of sp³-hybridized carbons (Fsp3) is 0.308. The molecular weight excluding hydrogens is 358 g/mol. The predicted octanol–water partition coefficient (Wildman–Crippen LogP) is 1.26. The second-order valence-electron chi connectivity index (χ2n) is 4.51. The highest BCUT2D eigenvalue weighted by molar-refractivity contribution is 9.10. The maximum Gasteiger partial charge on any atom is 0.264 e. The summed E-state index contributed by atoms with van der Waals surface area (Å²) in [6.45, 7) is -0.167. The maximum atomic E-state index is 11.6. The molecule has 1 saturated carbocycles. The van der Waals surface area contributed by atoms with Crippen LogP contribution >= 0.6 is 28.1 Å². The molecule has 0 atom stereocenters. The summed E-state index contributed by atoms with van der Waals surface area (Å²) in [6, 6.07) is 7.10. The van der Waals surface area contributed by atoms with E-state index < -0.39 is 5.91 Å². The number of nitrogens with one attached hydrogen (secondary N) is 3. The van der Waals surface area contributed by atoms with Gasteiger partial charge in [0.1, 0.15) is 5.75 Å². The average Bonchev–Trinajstić information content (AvgIpc) is 3.29. The number of carbonyl (C=O) groups excluding carboxylic acids is 2. The third-order valence-electron chi connectivity index (χ3n) is 2.68. The van der Waals surface area contributed by atoms with Crippen LogP contribution in [0, 0.1) is 5.92 Å². The maximum absolute atomic E-state index is 11.6. The van der Waals surface area contributed by atoms with Crippen LogP contribution in [-0.4, -0.2) is 23.5 Å². The molecule has 0 saturated heterocycles. The standard InChI is InChI=1S/C13H14BrN3O3S/c14-9-3-5-10(6-4-9)20-7-11(18)15-13(21)17-16-12(19)8-1-2-8/h3-6,8H,1-2,7H2,(H,16,19)(H2,15,17,18,21). The SMILES string of the molecule is O=C(COc1ccc(Br)cc1)NC(=S)NNC(=O)C1CC1. The van der Waals surface area contributed by atoms with Gasteiger partial charge in [-0.05, 0) is 49.3 Å². The van der Waals surface area contributed by atoms with Crippen LogP contribution in [0.2, 0.25) is 0 Å². The van der Waals surface area contributed by atoms with Crippen molar-refractivity contribution in [3.05, 3.63) is 28.7 Å². The van der Waals surface area contributed by atoms with E-state index in [4.69, 9.17) is 17.0 Å². The molecule has 8 heteroatoms. The Morgan fingerprint density at radius 1 is 1.24 bits per heavy atom. The van der Waals surface area contributed by atoms with E-state index in [1.54, 1.807) is 12.1 Å². The Morgan fingerprint density at radius 2 is 1.90 bits per heavy atom. The third-order valence-corrected chi connectivity index (χ3v) is 3.42. The van der Waals surface area contributed by atoms with Crippen molar-refractivity contribution in [1.82, 2.24) is 16.2 Å². The molecular formula is C13H14BrN3O3S. The first kappa shape index (κ1) is 15.7. The smallest absolute Gasteiger partial charge is 0.264 e. The average molecular weight is 372 g/mol. The van der Waals surface area contributed by atoms with Crippen molar-refractivity contribution in [3.8, 4) is 5.75 Å². The summed E-state index contributed by atoms with van der Waals surface area (Å²) < 4.78 is 6.22. The van der Waals surface area contributed by atoms with Gasteiger partial charge in [-0.2, -0.15) is 0 Å². The lowest BCUT2D eigenvalue weighted by Gasteiger charge is -2.11. The van der Waals surface area contributed by atoms with Gasteiger partial charge in [0.25, 0.3) is 5.91 Å². The number of rotatable bonds is 4. The molecule has 1 aromatic rings. The lowest BCUT2D eigenvalue weighted by Crippen LogP contribution is -2.49. The van der Waals surface area contributed by atoms with Gasteiger partial charge >= 0.3 is 0 Å². The summed E-state index contributed by atoms with van der Waals surface area (Å²) in [5, 5.41) is 2.44. The first-order valence-corrected chi connectivity index (χ1v) is 7.53. The topological polar surface area (TPSA) is 79.5 Å². The van der Waals surface area contributed by atoms with Gasteiger partial charge in [-0.3, -0.25) is 25.8 Å².